The molecule has 0 aromatic heterocycles. The average Bonchev–Trinajstić information content (AvgIpc) is 2.05. The summed E-state index contributed by atoms with van der Waals surface area (Å²) < 4.78 is 5.46. The molecule has 2 nitrogen and oxygen atoms in total. The summed E-state index contributed by atoms with van der Waals surface area (Å²) >= 11 is 0. The Morgan fingerprint density at radius 1 is 1.50 bits per heavy atom. The van der Waals surface area contributed by atoms with Crippen LogP contribution >= 0.6 is 0 Å². The Hall–Kier alpha value is -1.02. The van der Waals surface area contributed by atoms with E-state index < -0.39 is 0 Å². The van der Waals surface area contributed by atoms with E-state index in [9.17, 15) is 0 Å². The number of ether oxygens (including phenoxy) is 1. The van der Waals surface area contributed by atoms with E-state index in [0.29, 0.717) is 0 Å². The summed E-state index contributed by atoms with van der Waals surface area (Å²) in [7, 11) is 0. The second-order valence-electron chi connectivity index (χ2n) is 3.31. The summed E-state index contributed by atoms with van der Waals surface area (Å²) in [6, 6.07) is 6.22. The molecule has 2 heteroatoms. The van der Waals surface area contributed by atoms with Crippen molar-refractivity contribution in [3.8, 4) is 5.75 Å². The Bertz CT molecular complexity index is 296. The lowest BCUT2D eigenvalue weighted by Crippen LogP contribution is -2.31. The molecule has 0 saturated heterocycles. The van der Waals surface area contributed by atoms with Crippen molar-refractivity contribution in [1.82, 2.24) is 0 Å². The third-order valence-electron chi connectivity index (χ3n) is 2.19. The fraction of sp³-hybridized carbons (Fsp3) is 0.400. The first kappa shape index (κ1) is 7.62. The Morgan fingerprint density at radius 3 is 3.17 bits per heavy atom. The predicted octanol–water partition coefficient (Wildman–Crippen LogP) is 1.60. The van der Waals surface area contributed by atoms with Gasteiger partial charge in [-0.2, -0.15) is 0 Å². The topological polar surface area (TPSA) is 35.2 Å². The third-order valence-corrected chi connectivity index (χ3v) is 2.19. The van der Waals surface area contributed by atoms with E-state index in [1.54, 1.807) is 0 Å². The van der Waals surface area contributed by atoms with Gasteiger partial charge in [-0.3, -0.25) is 5.73 Å². The van der Waals surface area contributed by atoms with Crippen LogP contribution in [0.5, 0.6) is 5.75 Å². The zero-order chi connectivity index (χ0) is 8.55. The van der Waals surface area contributed by atoms with Gasteiger partial charge in [0.25, 0.3) is 0 Å². The Balaban J connectivity index is 2.37. The van der Waals surface area contributed by atoms with Crippen LogP contribution < -0.4 is 10.5 Å². The van der Waals surface area contributed by atoms with Crippen molar-refractivity contribution in [2.45, 2.75) is 26.0 Å². The van der Waals surface area contributed by atoms with Gasteiger partial charge in [-0.25, -0.2) is 0 Å². The van der Waals surface area contributed by atoms with Gasteiger partial charge < -0.3 is 4.74 Å². The average molecular weight is 163 g/mol. The molecular formula is C10H13NO. The Labute approximate surface area is 72.3 Å². The first-order valence-corrected chi connectivity index (χ1v) is 4.27. The second kappa shape index (κ2) is 2.79. The molecule has 1 atom stereocenters. The molecular weight excluding hydrogens is 150 g/mol. The van der Waals surface area contributed by atoms with Crippen LogP contribution in [0.25, 0.3) is 0 Å². The number of rotatable bonds is 0. The van der Waals surface area contributed by atoms with Crippen molar-refractivity contribution < 1.29 is 4.74 Å². The van der Waals surface area contributed by atoms with E-state index in [2.05, 4.69) is 19.1 Å². The maximum absolute atomic E-state index is 5.67. The second-order valence-corrected chi connectivity index (χ2v) is 3.31. The Kier molecular flexibility index (Phi) is 1.77. The number of aryl methyl sites for hydroxylation is 2. The molecule has 12 heavy (non-hydrogen) atoms. The van der Waals surface area contributed by atoms with Crippen LogP contribution in [0.4, 0.5) is 0 Å². The predicted molar refractivity (Wildman–Crippen MR) is 48.1 cm³/mol. The number of nitrogens with two attached hydrogens (primary N) is 1. The SMILES string of the molecule is Cc1ccc2c(c1)CCC(N)O2. The summed E-state index contributed by atoms with van der Waals surface area (Å²) in [5.74, 6) is 0.958. The number of hydrogen-bond donors (Lipinski definition) is 1. The molecule has 0 spiro atoms. The highest BCUT2D eigenvalue weighted by atomic mass is 16.5. The van der Waals surface area contributed by atoms with Crippen molar-refractivity contribution in [3.05, 3.63) is 29.3 Å². The van der Waals surface area contributed by atoms with Crippen molar-refractivity contribution in [2.24, 2.45) is 5.73 Å². The maximum atomic E-state index is 5.67. The minimum atomic E-state index is -0.111. The van der Waals surface area contributed by atoms with E-state index in [-0.39, 0.29) is 6.23 Å². The van der Waals surface area contributed by atoms with Crippen molar-refractivity contribution in [2.75, 3.05) is 0 Å². The van der Waals surface area contributed by atoms with Gasteiger partial charge in [0.05, 0.1) is 0 Å². The first-order chi connectivity index (χ1) is 5.75. The molecule has 0 bridgehead atoms. The number of fused-ring (bicyclic) bond motifs is 1. The zero-order valence-electron chi connectivity index (χ0n) is 7.21. The van der Waals surface area contributed by atoms with Crippen LogP contribution in [0.2, 0.25) is 0 Å². The third kappa shape index (κ3) is 1.30. The molecule has 1 aromatic rings. The Morgan fingerprint density at radius 2 is 2.33 bits per heavy atom. The molecule has 1 aliphatic heterocycles. The molecule has 64 valence electrons. The zero-order valence-corrected chi connectivity index (χ0v) is 7.21. The lowest BCUT2D eigenvalue weighted by molar-refractivity contribution is 0.181. The monoisotopic (exact) mass is 163 g/mol. The molecule has 0 amide bonds. The standard InChI is InChI=1S/C10H13NO/c1-7-2-4-9-8(6-7)3-5-10(11)12-9/h2,4,6,10H,3,5,11H2,1H3. The molecule has 2 N–H and O–H groups in total. The van der Waals surface area contributed by atoms with E-state index in [1.807, 2.05) is 6.07 Å². The van der Waals surface area contributed by atoms with Crippen molar-refractivity contribution >= 4 is 0 Å². The van der Waals surface area contributed by atoms with Crippen LogP contribution in [0.1, 0.15) is 17.5 Å². The molecule has 0 aliphatic carbocycles. The summed E-state index contributed by atoms with van der Waals surface area (Å²) in [5, 5.41) is 0. The van der Waals surface area contributed by atoms with Gasteiger partial charge in [0.2, 0.25) is 0 Å². The molecule has 2 rings (SSSR count). The highest BCUT2D eigenvalue weighted by Crippen LogP contribution is 2.26. The lowest BCUT2D eigenvalue weighted by atomic mass is 10.0. The van der Waals surface area contributed by atoms with E-state index in [4.69, 9.17) is 10.5 Å². The molecule has 0 fully saturated rings. The summed E-state index contributed by atoms with van der Waals surface area (Å²) in [5.41, 5.74) is 8.24. The van der Waals surface area contributed by atoms with Gasteiger partial charge in [0, 0.05) is 6.42 Å². The van der Waals surface area contributed by atoms with Crippen LogP contribution in [0.15, 0.2) is 18.2 Å². The molecule has 1 aromatic carbocycles. The van der Waals surface area contributed by atoms with Crippen LogP contribution in [-0.2, 0) is 6.42 Å². The van der Waals surface area contributed by atoms with Gasteiger partial charge in [0.15, 0.2) is 0 Å². The smallest absolute Gasteiger partial charge is 0.148 e. The van der Waals surface area contributed by atoms with Crippen molar-refractivity contribution in [3.63, 3.8) is 0 Å². The fourth-order valence-electron chi connectivity index (χ4n) is 1.54. The minimum Gasteiger partial charge on any atom is -0.475 e. The first-order valence-electron chi connectivity index (χ1n) is 4.27. The lowest BCUT2D eigenvalue weighted by Gasteiger charge is -2.22. The number of benzene rings is 1. The van der Waals surface area contributed by atoms with Crippen LogP contribution in [0.3, 0.4) is 0 Å². The molecule has 1 heterocycles. The van der Waals surface area contributed by atoms with Gasteiger partial charge >= 0.3 is 0 Å². The molecule has 1 aliphatic rings. The molecule has 0 radical (unpaired) electrons. The van der Waals surface area contributed by atoms with Gasteiger partial charge in [-0.15, -0.1) is 0 Å². The van der Waals surface area contributed by atoms with Gasteiger partial charge in [0.1, 0.15) is 12.0 Å². The summed E-state index contributed by atoms with van der Waals surface area (Å²) in [4.78, 5) is 0. The van der Waals surface area contributed by atoms with Crippen molar-refractivity contribution in [1.29, 1.82) is 0 Å². The van der Waals surface area contributed by atoms with Gasteiger partial charge in [-0.1, -0.05) is 17.7 Å². The highest BCUT2D eigenvalue weighted by molar-refractivity contribution is 5.38. The van der Waals surface area contributed by atoms with E-state index in [0.717, 1.165) is 18.6 Å². The maximum Gasteiger partial charge on any atom is 0.148 e. The van der Waals surface area contributed by atoms with Crippen LogP contribution in [-0.4, -0.2) is 6.23 Å². The van der Waals surface area contributed by atoms with E-state index >= 15 is 0 Å². The molecule has 0 saturated carbocycles. The number of hydrogen-bond acceptors (Lipinski definition) is 2. The summed E-state index contributed by atoms with van der Waals surface area (Å²) in [6.45, 7) is 2.09. The highest BCUT2D eigenvalue weighted by Gasteiger charge is 2.15. The van der Waals surface area contributed by atoms with E-state index in [1.165, 1.54) is 11.1 Å². The van der Waals surface area contributed by atoms with Crippen LogP contribution in [0, 0.1) is 6.92 Å². The summed E-state index contributed by atoms with van der Waals surface area (Å²) in [6.07, 6.45) is 1.86. The largest absolute Gasteiger partial charge is 0.475 e. The quantitative estimate of drug-likeness (QED) is 0.630. The molecule has 1 unspecified atom stereocenters. The fourth-order valence-corrected chi connectivity index (χ4v) is 1.54. The van der Waals surface area contributed by atoms with Gasteiger partial charge in [-0.05, 0) is 25.0 Å². The minimum absolute atomic E-state index is 0.111. The normalized spacial score (nSPS) is 21.3.